The van der Waals surface area contributed by atoms with Gasteiger partial charge in [-0.1, -0.05) is 23.2 Å². The molecular formula is C12H11Cl2NO4. The Balaban J connectivity index is 2.49. The molecule has 5 nitrogen and oxygen atoms in total. The van der Waals surface area contributed by atoms with E-state index in [1.807, 2.05) is 0 Å². The van der Waals surface area contributed by atoms with Gasteiger partial charge in [0.1, 0.15) is 13.2 Å². The van der Waals surface area contributed by atoms with E-state index in [0.717, 1.165) is 0 Å². The Morgan fingerprint density at radius 3 is 2.47 bits per heavy atom. The molecule has 0 spiro atoms. The van der Waals surface area contributed by atoms with E-state index in [0.29, 0.717) is 5.02 Å². The lowest BCUT2D eigenvalue weighted by molar-refractivity contribution is -0.146. The van der Waals surface area contributed by atoms with Crippen molar-refractivity contribution in [2.45, 2.75) is 6.92 Å². The molecule has 0 aliphatic carbocycles. The summed E-state index contributed by atoms with van der Waals surface area (Å²) in [6.45, 7) is 0.662. The first kappa shape index (κ1) is 15.5. The minimum absolute atomic E-state index is 0.244. The minimum atomic E-state index is -0.691. The van der Waals surface area contributed by atoms with Gasteiger partial charge in [0.25, 0.3) is 5.91 Å². The second-order valence-corrected chi connectivity index (χ2v) is 4.49. The van der Waals surface area contributed by atoms with Crippen LogP contribution in [-0.2, 0) is 14.3 Å². The Kier molecular flexibility index (Phi) is 5.79. The summed E-state index contributed by atoms with van der Waals surface area (Å²) in [6.07, 6.45) is 0. The Labute approximate surface area is 119 Å². The number of rotatable bonds is 5. The van der Waals surface area contributed by atoms with Gasteiger partial charge in [-0.05, 0) is 25.1 Å². The minimum Gasteiger partial charge on any atom is -0.456 e. The Morgan fingerprint density at radius 2 is 1.89 bits per heavy atom. The van der Waals surface area contributed by atoms with Crippen molar-refractivity contribution < 1.29 is 19.1 Å². The monoisotopic (exact) mass is 303 g/mol. The summed E-state index contributed by atoms with van der Waals surface area (Å²) in [5, 5.41) is 2.92. The van der Waals surface area contributed by atoms with Gasteiger partial charge in [0.15, 0.2) is 5.78 Å². The molecule has 7 heteroatoms. The molecule has 19 heavy (non-hydrogen) atoms. The largest absolute Gasteiger partial charge is 0.456 e. The number of benzene rings is 1. The lowest BCUT2D eigenvalue weighted by Gasteiger charge is -2.06. The molecule has 0 saturated heterocycles. The average molecular weight is 304 g/mol. The van der Waals surface area contributed by atoms with E-state index in [1.54, 1.807) is 0 Å². The van der Waals surface area contributed by atoms with Gasteiger partial charge in [-0.3, -0.25) is 14.4 Å². The van der Waals surface area contributed by atoms with Crippen molar-refractivity contribution in [3.05, 3.63) is 33.8 Å². The van der Waals surface area contributed by atoms with Crippen LogP contribution in [0.1, 0.15) is 17.3 Å². The van der Waals surface area contributed by atoms with Gasteiger partial charge >= 0.3 is 5.97 Å². The number of hydrogen-bond donors (Lipinski definition) is 1. The topological polar surface area (TPSA) is 72.5 Å². The second kappa shape index (κ2) is 7.11. The molecule has 0 aromatic heterocycles. The first-order valence-electron chi connectivity index (χ1n) is 5.28. The highest BCUT2D eigenvalue weighted by atomic mass is 35.5. The van der Waals surface area contributed by atoms with Gasteiger partial charge in [0.2, 0.25) is 0 Å². The van der Waals surface area contributed by atoms with E-state index < -0.39 is 11.9 Å². The number of Topliss-reactive ketones (excluding diaryl/α,β-unsaturated/α-hetero) is 1. The van der Waals surface area contributed by atoms with Crippen LogP contribution < -0.4 is 5.32 Å². The first-order chi connectivity index (χ1) is 8.90. The van der Waals surface area contributed by atoms with Gasteiger partial charge in [-0.25, -0.2) is 0 Å². The van der Waals surface area contributed by atoms with Crippen molar-refractivity contribution >= 4 is 40.9 Å². The van der Waals surface area contributed by atoms with Crippen molar-refractivity contribution in [3.63, 3.8) is 0 Å². The number of ether oxygens (including phenoxy) is 1. The molecule has 0 aliphatic heterocycles. The van der Waals surface area contributed by atoms with Crippen molar-refractivity contribution in [1.29, 1.82) is 0 Å². The van der Waals surface area contributed by atoms with Crippen molar-refractivity contribution in [2.24, 2.45) is 0 Å². The van der Waals surface area contributed by atoms with Crippen LogP contribution in [0.3, 0.4) is 0 Å². The third-order valence-corrected chi connectivity index (χ3v) is 2.75. The molecule has 0 bridgehead atoms. The number of esters is 1. The molecule has 1 aromatic carbocycles. The lowest BCUT2D eigenvalue weighted by atomic mass is 10.2. The summed E-state index contributed by atoms with van der Waals surface area (Å²) in [6, 6.07) is 4.34. The molecule has 102 valence electrons. The van der Waals surface area contributed by atoms with E-state index in [4.69, 9.17) is 23.2 Å². The zero-order chi connectivity index (χ0) is 14.4. The summed E-state index contributed by atoms with van der Waals surface area (Å²) in [7, 11) is 0. The van der Waals surface area contributed by atoms with Gasteiger partial charge < -0.3 is 10.1 Å². The quantitative estimate of drug-likeness (QED) is 0.843. The summed E-state index contributed by atoms with van der Waals surface area (Å²) < 4.78 is 4.58. The Morgan fingerprint density at radius 1 is 1.21 bits per heavy atom. The number of amides is 1. The molecular weight excluding hydrogens is 293 g/mol. The summed E-state index contributed by atoms with van der Waals surface area (Å²) in [5.74, 6) is -1.45. The normalized spacial score (nSPS) is 9.84. The predicted octanol–water partition coefficient (Wildman–Crippen LogP) is 1.86. The lowest BCUT2D eigenvalue weighted by Crippen LogP contribution is -2.31. The maximum atomic E-state index is 11.7. The van der Waals surface area contributed by atoms with E-state index in [1.165, 1.54) is 25.1 Å². The van der Waals surface area contributed by atoms with Crippen LogP contribution in [0.25, 0.3) is 0 Å². The van der Waals surface area contributed by atoms with E-state index in [-0.39, 0.29) is 29.5 Å². The van der Waals surface area contributed by atoms with E-state index in [9.17, 15) is 14.4 Å². The fourth-order valence-corrected chi connectivity index (χ4v) is 1.42. The number of halogens is 2. The van der Waals surface area contributed by atoms with E-state index in [2.05, 4.69) is 10.1 Å². The van der Waals surface area contributed by atoms with Gasteiger partial charge in [0.05, 0.1) is 10.0 Å². The Hall–Kier alpha value is -1.59. The van der Waals surface area contributed by atoms with Crippen LogP contribution in [0.15, 0.2) is 18.2 Å². The molecule has 1 rings (SSSR count). The maximum Gasteiger partial charge on any atom is 0.325 e. The second-order valence-electron chi connectivity index (χ2n) is 3.67. The van der Waals surface area contributed by atoms with Crippen LogP contribution in [0.2, 0.25) is 10.0 Å². The standard InChI is InChI=1S/C12H11Cl2NO4/c1-7(16)6-19-11(17)5-15-12(18)8-2-3-9(13)10(14)4-8/h2-4H,5-6H2,1H3,(H,15,18). The zero-order valence-corrected chi connectivity index (χ0v) is 11.5. The average Bonchev–Trinajstić information content (AvgIpc) is 2.36. The van der Waals surface area contributed by atoms with Gasteiger partial charge in [-0.2, -0.15) is 0 Å². The SMILES string of the molecule is CC(=O)COC(=O)CNC(=O)c1ccc(Cl)c(Cl)c1. The molecule has 1 N–H and O–H groups in total. The van der Waals surface area contributed by atoms with Crippen LogP contribution in [0.5, 0.6) is 0 Å². The first-order valence-corrected chi connectivity index (χ1v) is 6.04. The number of carbonyl (C=O) groups is 3. The van der Waals surface area contributed by atoms with Crippen LogP contribution in [-0.4, -0.2) is 30.8 Å². The third kappa shape index (κ3) is 5.28. The number of nitrogens with one attached hydrogen (secondary N) is 1. The van der Waals surface area contributed by atoms with Crippen molar-refractivity contribution in [1.82, 2.24) is 5.32 Å². The summed E-state index contributed by atoms with van der Waals surface area (Å²) in [4.78, 5) is 33.4. The molecule has 0 fully saturated rings. The predicted molar refractivity (Wildman–Crippen MR) is 70.4 cm³/mol. The van der Waals surface area contributed by atoms with E-state index >= 15 is 0 Å². The molecule has 0 atom stereocenters. The van der Waals surface area contributed by atoms with Gasteiger partial charge in [-0.15, -0.1) is 0 Å². The highest BCUT2D eigenvalue weighted by Gasteiger charge is 2.10. The fraction of sp³-hybridized carbons (Fsp3) is 0.250. The Bertz CT molecular complexity index is 516. The zero-order valence-electron chi connectivity index (χ0n) is 10.0. The smallest absolute Gasteiger partial charge is 0.325 e. The summed E-state index contributed by atoms with van der Waals surface area (Å²) >= 11 is 11.5. The van der Waals surface area contributed by atoms with Gasteiger partial charge in [0, 0.05) is 5.56 Å². The van der Waals surface area contributed by atoms with Crippen molar-refractivity contribution in [3.8, 4) is 0 Å². The molecule has 0 radical (unpaired) electrons. The highest BCUT2D eigenvalue weighted by Crippen LogP contribution is 2.22. The van der Waals surface area contributed by atoms with Crippen molar-refractivity contribution in [2.75, 3.05) is 13.2 Å². The number of hydrogen-bond acceptors (Lipinski definition) is 4. The number of carbonyl (C=O) groups excluding carboxylic acids is 3. The van der Waals surface area contributed by atoms with Crippen LogP contribution >= 0.6 is 23.2 Å². The maximum absolute atomic E-state index is 11.7. The molecule has 0 saturated carbocycles. The van der Waals surface area contributed by atoms with Crippen LogP contribution in [0.4, 0.5) is 0 Å². The molecule has 1 aromatic rings. The molecule has 1 amide bonds. The third-order valence-electron chi connectivity index (χ3n) is 2.01. The fourth-order valence-electron chi connectivity index (χ4n) is 1.13. The van der Waals surface area contributed by atoms with Crippen LogP contribution in [0, 0.1) is 0 Å². The molecule has 0 unspecified atom stereocenters. The molecule has 0 heterocycles. The summed E-state index contributed by atoms with van der Waals surface area (Å²) in [5.41, 5.74) is 0.272. The highest BCUT2D eigenvalue weighted by molar-refractivity contribution is 6.42. The number of ketones is 1. The molecule has 0 aliphatic rings.